The molecule has 0 amide bonds. The summed E-state index contributed by atoms with van der Waals surface area (Å²) in [6.07, 6.45) is -2.59. The first-order valence-electron chi connectivity index (χ1n) is 8.36. The molecule has 136 valence electrons. The van der Waals surface area contributed by atoms with Crippen molar-refractivity contribution in [1.29, 1.82) is 0 Å². The summed E-state index contributed by atoms with van der Waals surface area (Å²) in [6, 6.07) is 15.2. The number of alkyl halides is 3. The Balaban J connectivity index is 1.76. The standard InChI is InChI=1S/C20H20F3N3/c1-14(24-12-16-8-6-7-11-19(16)20(21,22)23)18-13-25-26(15(18)2)17-9-4-3-5-10-17/h3-11,13-14,24H,12H2,1-2H3/t14-/m0/s1. The lowest BCUT2D eigenvalue weighted by Crippen LogP contribution is -2.21. The molecule has 0 saturated heterocycles. The molecule has 2 aromatic carbocycles. The lowest BCUT2D eigenvalue weighted by atomic mass is 10.1. The van der Waals surface area contributed by atoms with Gasteiger partial charge < -0.3 is 5.32 Å². The van der Waals surface area contributed by atoms with Crippen molar-refractivity contribution in [2.75, 3.05) is 0 Å². The summed E-state index contributed by atoms with van der Waals surface area (Å²) in [5.74, 6) is 0. The van der Waals surface area contributed by atoms with Crippen molar-refractivity contribution < 1.29 is 13.2 Å². The lowest BCUT2D eigenvalue weighted by Gasteiger charge is -2.17. The molecule has 3 rings (SSSR count). The molecule has 0 aliphatic carbocycles. The van der Waals surface area contributed by atoms with E-state index in [1.165, 1.54) is 12.1 Å². The highest BCUT2D eigenvalue weighted by Gasteiger charge is 2.32. The van der Waals surface area contributed by atoms with Gasteiger partial charge in [0.15, 0.2) is 0 Å². The fourth-order valence-electron chi connectivity index (χ4n) is 3.00. The zero-order valence-electron chi connectivity index (χ0n) is 14.6. The first-order valence-corrected chi connectivity index (χ1v) is 8.36. The van der Waals surface area contributed by atoms with Crippen LogP contribution in [0.3, 0.4) is 0 Å². The predicted molar refractivity (Wildman–Crippen MR) is 95.0 cm³/mol. The van der Waals surface area contributed by atoms with E-state index >= 15 is 0 Å². The summed E-state index contributed by atoms with van der Waals surface area (Å²) in [7, 11) is 0. The van der Waals surface area contributed by atoms with Gasteiger partial charge in [-0.05, 0) is 37.6 Å². The van der Waals surface area contributed by atoms with Crippen LogP contribution in [0.2, 0.25) is 0 Å². The Morgan fingerprint density at radius 2 is 1.69 bits per heavy atom. The van der Waals surface area contributed by atoms with Crippen LogP contribution in [0.4, 0.5) is 13.2 Å². The fourth-order valence-corrected chi connectivity index (χ4v) is 3.00. The van der Waals surface area contributed by atoms with E-state index in [4.69, 9.17) is 0 Å². The SMILES string of the molecule is Cc1c([C@H](C)NCc2ccccc2C(F)(F)F)cnn1-c1ccccc1. The molecule has 3 aromatic rings. The van der Waals surface area contributed by atoms with Gasteiger partial charge in [-0.3, -0.25) is 0 Å². The maximum absolute atomic E-state index is 13.1. The van der Waals surface area contributed by atoms with Gasteiger partial charge in [-0.1, -0.05) is 36.4 Å². The van der Waals surface area contributed by atoms with E-state index in [1.807, 2.05) is 48.9 Å². The Kier molecular flexibility index (Phi) is 5.13. The van der Waals surface area contributed by atoms with E-state index in [9.17, 15) is 13.2 Å². The third-order valence-electron chi connectivity index (χ3n) is 4.44. The third-order valence-corrected chi connectivity index (χ3v) is 4.44. The molecule has 1 heterocycles. The highest BCUT2D eigenvalue weighted by molar-refractivity contribution is 5.35. The van der Waals surface area contributed by atoms with Gasteiger partial charge in [0.1, 0.15) is 0 Å². The molecule has 0 saturated carbocycles. The van der Waals surface area contributed by atoms with E-state index in [2.05, 4.69) is 10.4 Å². The third kappa shape index (κ3) is 3.80. The molecule has 3 nitrogen and oxygen atoms in total. The molecule has 26 heavy (non-hydrogen) atoms. The van der Waals surface area contributed by atoms with Crippen LogP contribution in [-0.2, 0) is 12.7 Å². The molecule has 1 aromatic heterocycles. The first kappa shape index (κ1) is 18.2. The summed E-state index contributed by atoms with van der Waals surface area (Å²) in [5, 5.41) is 7.60. The minimum absolute atomic E-state index is 0.131. The number of rotatable bonds is 5. The van der Waals surface area contributed by atoms with E-state index < -0.39 is 11.7 Å². The maximum Gasteiger partial charge on any atom is 0.416 e. The van der Waals surface area contributed by atoms with E-state index in [-0.39, 0.29) is 18.2 Å². The monoisotopic (exact) mass is 359 g/mol. The number of benzene rings is 2. The van der Waals surface area contributed by atoms with Crippen molar-refractivity contribution in [3.63, 3.8) is 0 Å². The summed E-state index contributed by atoms with van der Waals surface area (Å²) >= 11 is 0. The summed E-state index contributed by atoms with van der Waals surface area (Å²) in [6.45, 7) is 4.01. The Bertz CT molecular complexity index is 870. The molecule has 0 spiro atoms. The van der Waals surface area contributed by atoms with E-state index in [1.54, 1.807) is 12.3 Å². The number of para-hydroxylation sites is 1. The van der Waals surface area contributed by atoms with Gasteiger partial charge in [0.2, 0.25) is 0 Å². The number of halogens is 3. The van der Waals surface area contributed by atoms with Crippen LogP contribution in [0.25, 0.3) is 5.69 Å². The second kappa shape index (κ2) is 7.33. The normalized spacial score (nSPS) is 13.0. The Labute approximate surface area is 150 Å². The molecule has 6 heteroatoms. The van der Waals surface area contributed by atoms with Crippen molar-refractivity contribution in [1.82, 2.24) is 15.1 Å². The number of hydrogen-bond acceptors (Lipinski definition) is 2. The molecule has 0 fully saturated rings. The van der Waals surface area contributed by atoms with Crippen molar-refractivity contribution in [2.24, 2.45) is 0 Å². The van der Waals surface area contributed by atoms with Gasteiger partial charge in [-0.25, -0.2) is 4.68 Å². The molecule has 0 aliphatic rings. The zero-order chi connectivity index (χ0) is 18.7. The average molecular weight is 359 g/mol. The molecular formula is C20H20F3N3. The molecule has 0 bridgehead atoms. The van der Waals surface area contributed by atoms with Gasteiger partial charge in [0, 0.05) is 23.8 Å². The zero-order valence-corrected chi connectivity index (χ0v) is 14.6. The second-order valence-corrected chi connectivity index (χ2v) is 6.19. The highest BCUT2D eigenvalue weighted by atomic mass is 19.4. The average Bonchev–Trinajstić information content (AvgIpc) is 3.01. The minimum Gasteiger partial charge on any atom is -0.306 e. The van der Waals surface area contributed by atoms with Crippen LogP contribution in [0, 0.1) is 6.92 Å². The quantitative estimate of drug-likeness (QED) is 0.691. The van der Waals surface area contributed by atoms with E-state index in [0.717, 1.165) is 23.0 Å². The van der Waals surface area contributed by atoms with Crippen LogP contribution in [0.15, 0.2) is 60.8 Å². The summed E-state index contributed by atoms with van der Waals surface area (Å²) in [5.41, 5.74) is 2.50. The second-order valence-electron chi connectivity index (χ2n) is 6.19. The molecular weight excluding hydrogens is 339 g/mol. The first-order chi connectivity index (χ1) is 12.4. The number of hydrogen-bond donors (Lipinski definition) is 1. The van der Waals surface area contributed by atoms with E-state index in [0.29, 0.717) is 0 Å². The summed E-state index contributed by atoms with van der Waals surface area (Å²) < 4.78 is 41.2. The number of nitrogens with one attached hydrogen (secondary N) is 1. The van der Waals surface area contributed by atoms with Gasteiger partial charge >= 0.3 is 6.18 Å². The Morgan fingerprint density at radius 1 is 1.04 bits per heavy atom. The van der Waals surface area contributed by atoms with Crippen LogP contribution >= 0.6 is 0 Å². The summed E-state index contributed by atoms with van der Waals surface area (Å²) in [4.78, 5) is 0. The minimum atomic E-state index is -4.35. The van der Waals surface area contributed by atoms with Crippen LogP contribution in [0.5, 0.6) is 0 Å². The van der Waals surface area contributed by atoms with Crippen LogP contribution < -0.4 is 5.32 Å². The predicted octanol–water partition coefficient (Wildman–Crippen LogP) is 5.05. The van der Waals surface area contributed by atoms with Crippen molar-refractivity contribution >= 4 is 0 Å². The largest absolute Gasteiger partial charge is 0.416 e. The fraction of sp³-hybridized carbons (Fsp3) is 0.250. The number of aromatic nitrogens is 2. The topological polar surface area (TPSA) is 29.9 Å². The highest BCUT2D eigenvalue weighted by Crippen LogP contribution is 2.32. The van der Waals surface area contributed by atoms with Gasteiger partial charge in [0.25, 0.3) is 0 Å². The number of nitrogens with zero attached hydrogens (tertiary/aromatic N) is 2. The maximum atomic E-state index is 13.1. The smallest absolute Gasteiger partial charge is 0.306 e. The van der Waals surface area contributed by atoms with Crippen LogP contribution in [-0.4, -0.2) is 9.78 Å². The molecule has 0 unspecified atom stereocenters. The van der Waals surface area contributed by atoms with Crippen molar-refractivity contribution in [3.05, 3.63) is 83.2 Å². The van der Waals surface area contributed by atoms with Gasteiger partial charge in [-0.2, -0.15) is 18.3 Å². The van der Waals surface area contributed by atoms with Crippen molar-refractivity contribution in [3.8, 4) is 5.69 Å². The van der Waals surface area contributed by atoms with Crippen molar-refractivity contribution in [2.45, 2.75) is 32.6 Å². The lowest BCUT2D eigenvalue weighted by molar-refractivity contribution is -0.138. The molecule has 0 radical (unpaired) electrons. The Hall–Kier alpha value is -2.60. The Morgan fingerprint density at radius 3 is 2.38 bits per heavy atom. The molecule has 1 atom stereocenters. The van der Waals surface area contributed by atoms with Gasteiger partial charge in [-0.15, -0.1) is 0 Å². The molecule has 1 N–H and O–H groups in total. The molecule has 0 aliphatic heterocycles. The van der Waals surface area contributed by atoms with Gasteiger partial charge in [0.05, 0.1) is 17.4 Å². The van der Waals surface area contributed by atoms with Crippen LogP contribution in [0.1, 0.15) is 35.3 Å².